The van der Waals surface area contributed by atoms with Crippen LogP contribution in [0.25, 0.3) is 0 Å². The smallest absolute Gasteiger partial charge is 0.137 e. The Morgan fingerprint density at radius 3 is 1.46 bits per heavy atom. The van der Waals surface area contributed by atoms with Crippen LogP contribution in [-0.4, -0.2) is 72.2 Å². The standard InChI is InChI=1S/C28H31NO3.C28H31NO2/c30-24-11-15-27-23(20-24)10-14-26(21-6-2-1-3-7-21)28(27)22-8-12-25(13-9-22)32-19-18-29(31)16-4-5-17-29;30-24-11-15-27-23(20-24)10-14-26(21-6-2-1-3-7-21)28(27)22-8-12-25(13-9-22)31-19-18-29-16-4-5-17-29/h1-3,6-9,11-13,15,20,26,28,30H,4-5,10,14,16-19H2;1-3,6-9,11-13,15,20,26,28,30H,4-5,10,14,16-19H2/t2*26-,28+/m11/s1. The third-order valence-corrected chi connectivity index (χ3v) is 14.1. The number of aromatic hydroxyl groups is 2. The fraction of sp³-hybridized carbons (Fsp3) is 0.357. The van der Waals surface area contributed by atoms with Crippen LogP contribution in [0.2, 0.25) is 0 Å². The van der Waals surface area contributed by atoms with E-state index in [0.717, 1.165) is 76.3 Å². The Morgan fingerprint density at radius 1 is 0.524 bits per heavy atom. The molecule has 0 radical (unpaired) electrons. The second-order valence-electron chi connectivity index (χ2n) is 18.2. The maximum Gasteiger partial charge on any atom is 0.137 e. The number of nitrogens with zero attached hydrogens (tertiary/aromatic N) is 2. The summed E-state index contributed by atoms with van der Waals surface area (Å²) in [5, 5.41) is 32.5. The first kappa shape index (κ1) is 42.7. The average Bonchev–Trinajstić information content (AvgIpc) is 4.02. The molecule has 2 aliphatic carbocycles. The van der Waals surface area contributed by atoms with E-state index in [1.807, 2.05) is 30.3 Å². The highest BCUT2D eigenvalue weighted by Gasteiger charge is 2.34. The molecule has 0 bridgehead atoms. The molecule has 6 aromatic rings. The maximum absolute atomic E-state index is 12.5. The van der Waals surface area contributed by atoms with Gasteiger partial charge >= 0.3 is 0 Å². The summed E-state index contributed by atoms with van der Waals surface area (Å²) >= 11 is 0. The minimum atomic E-state index is -0.109. The highest BCUT2D eigenvalue weighted by molar-refractivity contribution is 5.50. The van der Waals surface area contributed by atoms with E-state index in [1.54, 1.807) is 6.07 Å². The normalized spacial score (nSPS) is 21.4. The van der Waals surface area contributed by atoms with Gasteiger partial charge in [0, 0.05) is 31.2 Å². The molecular weight excluding hydrogens is 781 g/mol. The molecule has 0 unspecified atom stereocenters. The van der Waals surface area contributed by atoms with E-state index >= 15 is 0 Å². The van der Waals surface area contributed by atoms with Gasteiger partial charge in [-0.25, -0.2) is 0 Å². The minimum absolute atomic E-state index is 0.109. The Bertz CT molecular complexity index is 2370. The predicted octanol–water partition coefficient (Wildman–Crippen LogP) is 11.5. The summed E-state index contributed by atoms with van der Waals surface area (Å²) in [4.78, 5) is 2.48. The van der Waals surface area contributed by atoms with Crippen LogP contribution in [0.4, 0.5) is 0 Å². The minimum Gasteiger partial charge on any atom is -0.633 e. The van der Waals surface area contributed by atoms with Gasteiger partial charge in [-0.05, 0) is 156 Å². The Balaban J connectivity index is 0.000000160. The van der Waals surface area contributed by atoms with Gasteiger partial charge in [0.05, 0.1) is 13.1 Å². The average molecular weight is 843 g/mol. The van der Waals surface area contributed by atoms with Crippen LogP contribution in [0, 0.1) is 5.21 Å². The zero-order valence-electron chi connectivity index (χ0n) is 36.5. The number of likely N-dealkylation sites (tertiary alicyclic amines) is 2. The van der Waals surface area contributed by atoms with Gasteiger partial charge < -0.3 is 29.5 Å². The highest BCUT2D eigenvalue weighted by Crippen LogP contribution is 2.48. The maximum atomic E-state index is 12.5. The fourth-order valence-electron chi connectivity index (χ4n) is 10.9. The van der Waals surface area contributed by atoms with Crippen molar-refractivity contribution < 1.29 is 24.3 Å². The third kappa shape index (κ3) is 10.3. The van der Waals surface area contributed by atoms with Crippen molar-refractivity contribution in [2.75, 3.05) is 52.5 Å². The van der Waals surface area contributed by atoms with Gasteiger partial charge in [-0.1, -0.05) is 97.1 Å². The second kappa shape index (κ2) is 19.8. The van der Waals surface area contributed by atoms with Crippen molar-refractivity contribution in [1.29, 1.82) is 0 Å². The molecule has 4 aliphatic rings. The number of quaternary nitrogens is 1. The number of hydroxylamine groups is 3. The largest absolute Gasteiger partial charge is 0.633 e. The highest BCUT2D eigenvalue weighted by atomic mass is 16.6. The van der Waals surface area contributed by atoms with Crippen molar-refractivity contribution in [2.45, 2.75) is 75.0 Å². The van der Waals surface area contributed by atoms with Gasteiger partial charge in [0.15, 0.2) is 0 Å². The van der Waals surface area contributed by atoms with Crippen molar-refractivity contribution >= 4 is 0 Å². The van der Waals surface area contributed by atoms with Crippen molar-refractivity contribution in [3.05, 3.63) is 195 Å². The number of benzene rings is 6. The van der Waals surface area contributed by atoms with Crippen LogP contribution < -0.4 is 9.47 Å². The molecule has 6 aromatic carbocycles. The topological polar surface area (TPSA) is 85.2 Å². The molecule has 2 fully saturated rings. The van der Waals surface area contributed by atoms with Gasteiger partial charge in [-0.3, -0.25) is 4.90 Å². The van der Waals surface area contributed by atoms with Gasteiger partial charge in [-0.2, -0.15) is 0 Å². The zero-order chi connectivity index (χ0) is 43.0. The Labute approximate surface area is 373 Å². The lowest BCUT2D eigenvalue weighted by Crippen LogP contribution is -2.42. The predicted molar refractivity (Wildman–Crippen MR) is 252 cm³/mol. The van der Waals surface area contributed by atoms with Crippen molar-refractivity contribution in [3.63, 3.8) is 0 Å². The molecule has 7 heteroatoms. The number of ether oxygens (including phenoxy) is 2. The van der Waals surface area contributed by atoms with Crippen LogP contribution in [-0.2, 0) is 12.8 Å². The van der Waals surface area contributed by atoms with Crippen LogP contribution in [0.5, 0.6) is 23.0 Å². The SMILES string of the molecule is Oc1ccc2c(c1)CC[C@H](c1ccccc1)[C@@H]2c1ccc(OCCN2CCCC2)cc1.[O-][N+]1(CCOc2ccc([C@@H]3c4ccc(O)cc4CC[C@@H]3c3ccccc3)cc2)CCCC1. The van der Waals surface area contributed by atoms with Gasteiger partial charge in [0.1, 0.15) is 42.8 Å². The van der Waals surface area contributed by atoms with Crippen LogP contribution in [0.3, 0.4) is 0 Å². The second-order valence-corrected chi connectivity index (χ2v) is 18.2. The molecule has 10 rings (SSSR count). The summed E-state index contributed by atoms with van der Waals surface area (Å²) in [6, 6.07) is 50.4. The van der Waals surface area contributed by atoms with E-state index in [1.165, 1.54) is 70.4 Å². The molecular formula is C56H62N2O5. The third-order valence-electron chi connectivity index (χ3n) is 14.1. The molecule has 7 nitrogen and oxygen atoms in total. The number of phenols is 2. The molecule has 2 heterocycles. The molecule has 4 atom stereocenters. The first-order chi connectivity index (χ1) is 30.9. The quantitative estimate of drug-likeness (QED) is 0.0943. The Kier molecular flexibility index (Phi) is 13.4. The van der Waals surface area contributed by atoms with Crippen LogP contribution >= 0.6 is 0 Å². The number of phenolic OH excluding ortho intramolecular Hbond substituents is 2. The van der Waals surface area contributed by atoms with E-state index in [2.05, 4.69) is 114 Å². The lowest BCUT2D eigenvalue weighted by atomic mass is 9.69. The fourth-order valence-corrected chi connectivity index (χ4v) is 10.9. The summed E-state index contributed by atoms with van der Waals surface area (Å²) in [5.41, 5.74) is 10.4. The number of fused-ring (bicyclic) bond motifs is 2. The monoisotopic (exact) mass is 842 g/mol. The molecule has 63 heavy (non-hydrogen) atoms. The number of rotatable bonds is 12. The Morgan fingerprint density at radius 2 is 0.984 bits per heavy atom. The number of hydrogen-bond donors (Lipinski definition) is 2. The summed E-state index contributed by atoms with van der Waals surface area (Å²) < 4.78 is 11.8. The van der Waals surface area contributed by atoms with E-state index in [9.17, 15) is 15.4 Å². The molecule has 0 spiro atoms. The number of aryl methyl sites for hydroxylation is 2. The van der Waals surface area contributed by atoms with E-state index < -0.39 is 0 Å². The summed E-state index contributed by atoms with van der Waals surface area (Å²) in [5.74, 6) is 3.79. The summed E-state index contributed by atoms with van der Waals surface area (Å²) in [6.07, 6.45) is 8.79. The molecule has 326 valence electrons. The molecule has 2 N–H and O–H groups in total. The molecule has 0 amide bonds. The van der Waals surface area contributed by atoms with Crippen molar-refractivity contribution in [1.82, 2.24) is 4.90 Å². The van der Waals surface area contributed by atoms with E-state index in [-0.39, 0.29) is 16.5 Å². The van der Waals surface area contributed by atoms with Crippen LogP contribution in [0.1, 0.15) is 107 Å². The van der Waals surface area contributed by atoms with Gasteiger partial charge in [0.2, 0.25) is 0 Å². The van der Waals surface area contributed by atoms with Crippen molar-refractivity contribution in [3.8, 4) is 23.0 Å². The Hall–Kier alpha value is -5.60. The number of hydrogen-bond acceptors (Lipinski definition) is 6. The van der Waals surface area contributed by atoms with Crippen molar-refractivity contribution in [2.24, 2.45) is 0 Å². The first-order valence-electron chi connectivity index (χ1n) is 23.4. The van der Waals surface area contributed by atoms with E-state index in [4.69, 9.17) is 9.47 Å². The molecule has 2 saturated heterocycles. The lowest BCUT2D eigenvalue weighted by Gasteiger charge is -2.38. The van der Waals surface area contributed by atoms with Gasteiger partial charge in [-0.15, -0.1) is 0 Å². The summed E-state index contributed by atoms with van der Waals surface area (Å²) in [7, 11) is 0. The lowest BCUT2D eigenvalue weighted by molar-refractivity contribution is -0.868. The molecule has 2 aliphatic heterocycles. The van der Waals surface area contributed by atoms with E-state index in [0.29, 0.717) is 36.5 Å². The molecule has 0 saturated carbocycles. The zero-order valence-corrected chi connectivity index (χ0v) is 36.5. The van der Waals surface area contributed by atoms with Gasteiger partial charge in [0.25, 0.3) is 0 Å². The van der Waals surface area contributed by atoms with Crippen LogP contribution in [0.15, 0.2) is 146 Å². The first-order valence-corrected chi connectivity index (χ1v) is 23.4. The molecule has 0 aromatic heterocycles. The summed E-state index contributed by atoms with van der Waals surface area (Å²) in [6.45, 7) is 6.60.